The summed E-state index contributed by atoms with van der Waals surface area (Å²) in [5.41, 5.74) is 1.25. The lowest BCUT2D eigenvalue weighted by atomic mass is 10.1. The lowest BCUT2D eigenvalue weighted by Crippen LogP contribution is -1.83. The lowest BCUT2D eigenvalue weighted by molar-refractivity contribution is 0.458. The highest BCUT2D eigenvalue weighted by Gasteiger charge is 2.16. The average molecular weight is 280 g/mol. The number of rotatable bonds is 1. The first-order valence-corrected chi connectivity index (χ1v) is 6.03. The summed E-state index contributed by atoms with van der Waals surface area (Å²) in [6.07, 6.45) is 0. The summed E-state index contributed by atoms with van der Waals surface area (Å²) in [6.45, 7) is 0. The zero-order valence-electron chi connectivity index (χ0n) is 9.02. The number of fused-ring (bicyclic) bond motifs is 1. The van der Waals surface area contributed by atoms with Crippen molar-refractivity contribution in [1.82, 2.24) is 5.16 Å². The molecule has 0 saturated heterocycles. The third-order valence-electron chi connectivity index (χ3n) is 2.69. The van der Waals surface area contributed by atoms with Gasteiger partial charge in [-0.25, -0.2) is 4.39 Å². The van der Waals surface area contributed by atoms with Gasteiger partial charge in [0.25, 0.3) is 0 Å². The standard InChI is InChI=1S/C13H7ClFNOS/c14-11-10(18)6-5-8-12(16-17-13(8)11)7-3-1-2-4-9(7)15/h1-6,18H. The first-order chi connectivity index (χ1) is 8.68. The van der Waals surface area contributed by atoms with Crippen LogP contribution >= 0.6 is 24.2 Å². The van der Waals surface area contributed by atoms with Crippen molar-refractivity contribution < 1.29 is 8.91 Å². The quantitative estimate of drug-likeness (QED) is 0.660. The van der Waals surface area contributed by atoms with E-state index in [2.05, 4.69) is 17.8 Å². The van der Waals surface area contributed by atoms with Crippen LogP contribution in [0, 0.1) is 5.82 Å². The van der Waals surface area contributed by atoms with Crippen molar-refractivity contribution in [3.8, 4) is 11.3 Å². The fourth-order valence-electron chi connectivity index (χ4n) is 1.81. The van der Waals surface area contributed by atoms with Gasteiger partial charge in [0.2, 0.25) is 0 Å². The van der Waals surface area contributed by atoms with Gasteiger partial charge in [-0.05, 0) is 24.3 Å². The minimum absolute atomic E-state index is 0.348. The van der Waals surface area contributed by atoms with E-state index in [4.69, 9.17) is 16.1 Å². The third kappa shape index (κ3) is 1.69. The van der Waals surface area contributed by atoms with E-state index in [0.717, 1.165) is 0 Å². The lowest BCUT2D eigenvalue weighted by Gasteiger charge is -1.99. The molecule has 5 heteroatoms. The molecule has 2 nitrogen and oxygen atoms in total. The number of benzene rings is 2. The molecule has 3 aromatic rings. The fourth-order valence-corrected chi connectivity index (χ4v) is 2.18. The van der Waals surface area contributed by atoms with E-state index in [9.17, 15) is 4.39 Å². The van der Waals surface area contributed by atoms with Crippen LogP contribution in [0.3, 0.4) is 0 Å². The predicted molar refractivity (Wildman–Crippen MR) is 71.7 cm³/mol. The van der Waals surface area contributed by atoms with E-state index in [1.54, 1.807) is 30.3 Å². The molecule has 90 valence electrons. The van der Waals surface area contributed by atoms with Crippen LogP contribution in [0.1, 0.15) is 0 Å². The molecule has 1 aromatic heterocycles. The molecule has 0 aliphatic carbocycles. The molecular weight excluding hydrogens is 273 g/mol. The molecular formula is C13H7ClFNOS. The Morgan fingerprint density at radius 1 is 1.17 bits per heavy atom. The molecule has 0 N–H and O–H groups in total. The van der Waals surface area contributed by atoms with Crippen molar-refractivity contribution in [2.75, 3.05) is 0 Å². The van der Waals surface area contributed by atoms with Crippen LogP contribution in [0.5, 0.6) is 0 Å². The van der Waals surface area contributed by atoms with E-state index >= 15 is 0 Å². The van der Waals surface area contributed by atoms with Crippen molar-refractivity contribution in [1.29, 1.82) is 0 Å². The molecule has 0 saturated carbocycles. The van der Waals surface area contributed by atoms with Crippen LogP contribution in [-0.2, 0) is 0 Å². The van der Waals surface area contributed by atoms with Crippen molar-refractivity contribution >= 4 is 35.2 Å². The van der Waals surface area contributed by atoms with E-state index in [1.165, 1.54) is 6.07 Å². The molecule has 0 fully saturated rings. The number of hydrogen-bond donors (Lipinski definition) is 1. The van der Waals surface area contributed by atoms with Gasteiger partial charge in [0, 0.05) is 10.5 Å². The molecule has 18 heavy (non-hydrogen) atoms. The molecule has 3 rings (SSSR count). The summed E-state index contributed by atoms with van der Waals surface area (Å²) in [4.78, 5) is 0.598. The van der Waals surface area contributed by atoms with Gasteiger partial charge >= 0.3 is 0 Å². The number of halogens is 2. The summed E-state index contributed by atoms with van der Waals surface area (Å²) in [6, 6.07) is 9.89. The Morgan fingerprint density at radius 2 is 1.94 bits per heavy atom. The van der Waals surface area contributed by atoms with Crippen LogP contribution in [0.15, 0.2) is 45.8 Å². The van der Waals surface area contributed by atoms with Gasteiger partial charge in [0.05, 0.1) is 5.39 Å². The Hall–Kier alpha value is -1.52. The number of hydrogen-bond acceptors (Lipinski definition) is 3. The second-order valence-electron chi connectivity index (χ2n) is 3.79. The second-order valence-corrected chi connectivity index (χ2v) is 4.65. The van der Waals surface area contributed by atoms with Gasteiger partial charge in [-0.2, -0.15) is 0 Å². The molecule has 1 heterocycles. The van der Waals surface area contributed by atoms with Crippen LogP contribution in [0.25, 0.3) is 22.2 Å². The SMILES string of the molecule is Fc1ccccc1-c1noc2c(Cl)c(S)ccc12. The number of aromatic nitrogens is 1. The summed E-state index contributed by atoms with van der Waals surface area (Å²) in [5.74, 6) is -0.348. The largest absolute Gasteiger partial charge is 0.354 e. The fraction of sp³-hybridized carbons (Fsp3) is 0. The molecule has 0 aliphatic heterocycles. The Labute approximate surface area is 113 Å². The smallest absolute Gasteiger partial charge is 0.187 e. The summed E-state index contributed by atoms with van der Waals surface area (Å²) in [5, 5.41) is 4.94. The van der Waals surface area contributed by atoms with Gasteiger partial charge in [0.1, 0.15) is 16.5 Å². The molecule has 0 atom stereocenters. The van der Waals surface area contributed by atoms with Crippen molar-refractivity contribution in [3.05, 3.63) is 47.2 Å². The maximum absolute atomic E-state index is 13.7. The Balaban J connectivity index is 2.32. The summed E-state index contributed by atoms with van der Waals surface area (Å²) in [7, 11) is 0. The average Bonchev–Trinajstić information content (AvgIpc) is 2.79. The highest BCUT2D eigenvalue weighted by Crippen LogP contribution is 2.35. The Morgan fingerprint density at radius 3 is 2.72 bits per heavy atom. The monoisotopic (exact) mass is 279 g/mol. The second kappa shape index (κ2) is 4.30. The van der Waals surface area contributed by atoms with Crippen molar-refractivity contribution in [2.24, 2.45) is 0 Å². The van der Waals surface area contributed by atoms with Gasteiger partial charge in [-0.15, -0.1) is 12.6 Å². The minimum atomic E-state index is -0.348. The maximum Gasteiger partial charge on any atom is 0.187 e. The first-order valence-electron chi connectivity index (χ1n) is 5.20. The van der Waals surface area contributed by atoms with Crippen LogP contribution in [0.4, 0.5) is 4.39 Å². The third-order valence-corrected chi connectivity index (χ3v) is 3.57. The predicted octanol–water partition coefficient (Wildman–Crippen LogP) is 4.58. The zero-order valence-corrected chi connectivity index (χ0v) is 10.7. The Bertz CT molecular complexity index is 741. The van der Waals surface area contributed by atoms with Gasteiger partial charge in [0.15, 0.2) is 5.58 Å². The highest BCUT2D eigenvalue weighted by molar-refractivity contribution is 7.80. The van der Waals surface area contributed by atoms with Gasteiger partial charge in [-0.3, -0.25) is 0 Å². The first kappa shape index (κ1) is 11.6. The number of nitrogens with zero attached hydrogens (tertiary/aromatic N) is 1. The molecule has 2 aromatic carbocycles. The van der Waals surface area contributed by atoms with E-state index in [1.807, 2.05) is 0 Å². The highest BCUT2D eigenvalue weighted by atomic mass is 35.5. The van der Waals surface area contributed by atoms with Crippen LogP contribution in [-0.4, -0.2) is 5.16 Å². The van der Waals surface area contributed by atoms with E-state index < -0.39 is 0 Å². The van der Waals surface area contributed by atoms with Gasteiger partial charge < -0.3 is 4.52 Å². The topological polar surface area (TPSA) is 26.0 Å². The zero-order chi connectivity index (χ0) is 12.7. The molecule has 0 amide bonds. The molecule has 0 unspecified atom stereocenters. The summed E-state index contributed by atoms with van der Waals surface area (Å²) >= 11 is 10.3. The maximum atomic E-state index is 13.7. The normalized spacial score (nSPS) is 11.1. The van der Waals surface area contributed by atoms with Crippen LogP contribution in [0.2, 0.25) is 5.02 Å². The van der Waals surface area contributed by atoms with Crippen LogP contribution < -0.4 is 0 Å². The Kier molecular flexibility index (Phi) is 2.76. The summed E-state index contributed by atoms with van der Waals surface area (Å²) < 4.78 is 18.9. The van der Waals surface area contributed by atoms with Crippen molar-refractivity contribution in [2.45, 2.75) is 4.90 Å². The van der Waals surface area contributed by atoms with E-state index in [0.29, 0.717) is 32.1 Å². The molecule has 0 spiro atoms. The molecule has 0 aliphatic rings. The minimum Gasteiger partial charge on any atom is -0.354 e. The van der Waals surface area contributed by atoms with E-state index in [-0.39, 0.29) is 5.82 Å². The number of thiol groups is 1. The molecule has 0 bridgehead atoms. The molecule has 0 radical (unpaired) electrons. The van der Waals surface area contributed by atoms with Crippen molar-refractivity contribution in [3.63, 3.8) is 0 Å². The van der Waals surface area contributed by atoms with Gasteiger partial charge in [-0.1, -0.05) is 28.9 Å².